The molecule has 1 aromatic carbocycles. The van der Waals surface area contributed by atoms with E-state index in [2.05, 4.69) is 39.1 Å². The Labute approximate surface area is 104 Å². The van der Waals surface area contributed by atoms with Gasteiger partial charge in [-0.05, 0) is 45.2 Å². The van der Waals surface area contributed by atoms with Crippen LogP contribution in [0.4, 0.5) is 0 Å². The third-order valence-electron chi connectivity index (χ3n) is 2.84. The Morgan fingerprint density at radius 1 is 1.31 bits per heavy atom. The molecule has 1 rings (SSSR count). The summed E-state index contributed by atoms with van der Waals surface area (Å²) in [6, 6.07) is 8.61. The molecule has 0 aromatic heterocycles. The normalized spacial score (nSPS) is 13.8. The Balaban J connectivity index is 2.69. The van der Waals surface area contributed by atoms with Gasteiger partial charge in [-0.2, -0.15) is 0 Å². The quantitative estimate of drug-likeness (QED) is 0.818. The van der Waals surface area contributed by atoms with Crippen LogP contribution >= 0.6 is 11.6 Å². The van der Waals surface area contributed by atoms with Crippen LogP contribution in [0.2, 0.25) is 5.02 Å². The molecule has 0 aliphatic heterocycles. The highest BCUT2D eigenvalue weighted by atomic mass is 35.5. The molecule has 1 atom stereocenters. The highest BCUT2D eigenvalue weighted by molar-refractivity contribution is 6.31. The van der Waals surface area contributed by atoms with Crippen molar-refractivity contribution in [1.29, 1.82) is 0 Å². The van der Waals surface area contributed by atoms with Gasteiger partial charge in [0.25, 0.3) is 0 Å². The lowest BCUT2D eigenvalue weighted by atomic mass is 9.93. The zero-order valence-electron chi connectivity index (χ0n) is 10.7. The van der Waals surface area contributed by atoms with Gasteiger partial charge in [0.2, 0.25) is 0 Å². The molecule has 0 aliphatic carbocycles. The average molecular weight is 240 g/mol. The molecule has 0 spiro atoms. The van der Waals surface area contributed by atoms with Crippen molar-refractivity contribution in [3.63, 3.8) is 0 Å². The first kappa shape index (κ1) is 13.5. The Kier molecular flexibility index (Phi) is 4.82. The second kappa shape index (κ2) is 5.70. The largest absolute Gasteiger partial charge is 0.309 e. The van der Waals surface area contributed by atoms with E-state index in [1.165, 1.54) is 5.56 Å². The minimum atomic E-state index is 0.0837. The van der Waals surface area contributed by atoms with Gasteiger partial charge in [-0.3, -0.25) is 0 Å². The van der Waals surface area contributed by atoms with E-state index in [0.717, 1.165) is 17.9 Å². The van der Waals surface area contributed by atoms with Crippen LogP contribution in [0.5, 0.6) is 0 Å². The Morgan fingerprint density at radius 2 is 1.94 bits per heavy atom. The monoisotopic (exact) mass is 239 g/mol. The van der Waals surface area contributed by atoms with Gasteiger partial charge < -0.3 is 5.32 Å². The zero-order valence-corrected chi connectivity index (χ0v) is 11.4. The number of hydrogen-bond acceptors (Lipinski definition) is 1. The fourth-order valence-electron chi connectivity index (χ4n) is 1.94. The molecule has 1 nitrogen and oxygen atoms in total. The summed E-state index contributed by atoms with van der Waals surface area (Å²) in [5.74, 6) is 0. The van der Waals surface area contributed by atoms with Crippen LogP contribution in [0.3, 0.4) is 0 Å². The molecular formula is C14H22ClN. The van der Waals surface area contributed by atoms with E-state index < -0.39 is 0 Å². The first-order valence-corrected chi connectivity index (χ1v) is 6.33. The van der Waals surface area contributed by atoms with Crippen molar-refractivity contribution in [2.75, 3.05) is 0 Å². The molecule has 1 N–H and O–H groups in total. The smallest absolute Gasteiger partial charge is 0.0438 e. The second-order valence-electron chi connectivity index (χ2n) is 5.11. The lowest BCUT2D eigenvalue weighted by molar-refractivity contribution is 0.337. The van der Waals surface area contributed by atoms with Crippen LogP contribution in [0.25, 0.3) is 0 Å². The maximum absolute atomic E-state index is 6.17. The van der Waals surface area contributed by atoms with Gasteiger partial charge in [-0.25, -0.2) is 0 Å². The summed E-state index contributed by atoms with van der Waals surface area (Å²) in [6.45, 7) is 8.86. The van der Waals surface area contributed by atoms with Crippen LogP contribution in [0.15, 0.2) is 24.3 Å². The lowest BCUT2D eigenvalue weighted by Crippen LogP contribution is -2.46. The first-order valence-electron chi connectivity index (χ1n) is 5.95. The molecule has 90 valence electrons. The molecule has 16 heavy (non-hydrogen) atoms. The van der Waals surface area contributed by atoms with Crippen molar-refractivity contribution in [3.05, 3.63) is 34.9 Å². The van der Waals surface area contributed by atoms with E-state index in [-0.39, 0.29) is 5.54 Å². The van der Waals surface area contributed by atoms with Crippen molar-refractivity contribution in [3.8, 4) is 0 Å². The van der Waals surface area contributed by atoms with Crippen LogP contribution < -0.4 is 5.32 Å². The molecule has 0 fully saturated rings. The molecule has 0 bridgehead atoms. The predicted octanol–water partition coefficient (Wildman–Crippen LogP) is 4.05. The summed E-state index contributed by atoms with van der Waals surface area (Å²) in [7, 11) is 0. The molecule has 1 aromatic rings. The minimum absolute atomic E-state index is 0.0837. The fraction of sp³-hybridized carbons (Fsp3) is 0.571. The van der Waals surface area contributed by atoms with Crippen molar-refractivity contribution in [1.82, 2.24) is 5.32 Å². The summed E-state index contributed by atoms with van der Waals surface area (Å²) < 4.78 is 0. The Morgan fingerprint density at radius 3 is 2.50 bits per heavy atom. The zero-order chi connectivity index (χ0) is 12.2. The first-order chi connectivity index (χ1) is 7.44. The fourth-order valence-corrected chi connectivity index (χ4v) is 2.14. The lowest BCUT2D eigenvalue weighted by Gasteiger charge is -2.30. The van der Waals surface area contributed by atoms with E-state index in [1.807, 2.05) is 18.2 Å². The SMILES string of the molecule is CCC(C)NC(C)(C)Cc1ccccc1Cl. The van der Waals surface area contributed by atoms with Crippen LogP contribution in [-0.4, -0.2) is 11.6 Å². The summed E-state index contributed by atoms with van der Waals surface area (Å²) in [6.07, 6.45) is 2.10. The van der Waals surface area contributed by atoms with Gasteiger partial charge in [0.1, 0.15) is 0 Å². The van der Waals surface area contributed by atoms with E-state index >= 15 is 0 Å². The second-order valence-corrected chi connectivity index (χ2v) is 5.51. The number of hydrogen-bond donors (Lipinski definition) is 1. The van der Waals surface area contributed by atoms with Crippen LogP contribution in [0, 0.1) is 0 Å². The van der Waals surface area contributed by atoms with Gasteiger partial charge >= 0.3 is 0 Å². The van der Waals surface area contributed by atoms with Gasteiger partial charge in [0.15, 0.2) is 0 Å². The Bertz CT molecular complexity index is 333. The van der Waals surface area contributed by atoms with E-state index in [1.54, 1.807) is 0 Å². The third-order valence-corrected chi connectivity index (χ3v) is 3.21. The molecule has 0 amide bonds. The van der Waals surface area contributed by atoms with Crippen LogP contribution in [-0.2, 0) is 6.42 Å². The molecule has 0 radical (unpaired) electrons. The van der Waals surface area contributed by atoms with Crippen molar-refractivity contribution >= 4 is 11.6 Å². The number of halogens is 1. The predicted molar refractivity (Wildman–Crippen MR) is 72.1 cm³/mol. The van der Waals surface area contributed by atoms with Gasteiger partial charge in [0, 0.05) is 16.6 Å². The summed E-state index contributed by atoms with van der Waals surface area (Å²) in [5.41, 5.74) is 1.30. The molecular weight excluding hydrogens is 218 g/mol. The van der Waals surface area contributed by atoms with Crippen molar-refractivity contribution in [2.45, 2.75) is 52.1 Å². The maximum atomic E-state index is 6.17. The Hall–Kier alpha value is -0.530. The maximum Gasteiger partial charge on any atom is 0.0438 e. The molecule has 0 aliphatic rings. The third kappa shape index (κ3) is 4.15. The highest BCUT2D eigenvalue weighted by Crippen LogP contribution is 2.21. The van der Waals surface area contributed by atoms with Gasteiger partial charge in [-0.15, -0.1) is 0 Å². The summed E-state index contributed by atoms with van der Waals surface area (Å²) >= 11 is 6.17. The molecule has 0 heterocycles. The van der Waals surface area contributed by atoms with Crippen molar-refractivity contribution < 1.29 is 0 Å². The standard InChI is InChI=1S/C14H22ClN/c1-5-11(2)16-14(3,4)10-12-8-6-7-9-13(12)15/h6-9,11,16H,5,10H2,1-4H3. The van der Waals surface area contributed by atoms with E-state index in [4.69, 9.17) is 11.6 Å². The number of nitrogens with one attached hydrogen (secondary N) is 1. The van der Waals surface area contributed by atoms with Crippen LogP contribution in [0.1, 0.15) is 39.7 Å². The molecule has 2 heteroatoms. The highest BCUT2D eigenvalue weighted by Gasteiger charge is 2.20. The average Bonchev–Trinajstić information content (AvgIpc) is 2.20. The van der Waals surface area contributed by atoms with E-state index in [0.29, 0.717) is 6.04 Å². The molecule has 1 unspecified atom stereocenters. The molecule has 0 saturated carbocycles. The van der Waals surface area contributed by atoms with Crippen molar-refractivity contribution in [2.24, 2.45) is 0 Å². The molecule has 0 saturated heterocycles. The number of rotatable bonds is 5. The summed E-state index contributed by atoms with van der Waals surface area (Å²) in [4.78, 5) is 0. The minimum Gasteiger partial charge on any atom is -0.309 e. The van der Waals surface area contributed by atoms with Gasteiger partial charge in [-0.1, -0.05) is 36.7 Å². The van der Waals surface area contributed by atoms with E-state index in [9.17, 15) is 0 Å². The summed E-state index contributed by atoms with van der Waals surface area (Å²) in [5, 5.41) is 4.49. The topological polar surface area (TPSA) is 12.0 Å². The van der Waals surface area contributed by atoms with Gasteiger partial charge in [0.05, 0.1) is 0 Å². The number of benzene rings is 1.